The summed E-state index contributed by atoms with van der Waals surface area (Å²) in [5.74, 6) is -0.0161. The molecule has 1 aromatic heterocycles. The van der Waals surface area contributed by atoms with E-state index in [1.54, 1.807) is 7.11 Å². The van der Waals surface area contributed by atoms with Crippen LogP contribution in [0, 0.1) is 0 Å². The summed E-state index contributed by atoms with van der Waals surface area (Å²) in [6.45, 7) is 4.28. The minimum absolute atomic E-state index is 0.265. The summed E-state index contributed by atoms with van der Waals surface area (Å²) >= 11 is 12.3. The Morgan fingerprint density at radius 1 is 1.03 bits per heavy atom. The predicted molar refractivity (Wildman–Crippen MR) is 155 cm³/mol. The van der Waals surface area contributed by atoms with Crippen molar-refractivity contribution in [1.82, 2.24) is 15.2 Å². The molecule has 6 rings (SSSR count). The van der Waals surface area contributed by atoms with Gasteiger partial charge in [-0.1, -0.05) is 47.5 Å². The van der Waals surface area contributed by atoms with Crippen molar-refractivity contribution >= 4 is 45.8 Å². The summed E-state index contributed by atoms with van der Waals surface area (Å²) in [5.41, 5.74) is 6.29. The fourth-order valence-electron chi connectivity index (χ4n) is 5.84. The molecule has 39 heavy (non-hydrogen) atoms. The number of aliphatic carboxylic acids is 1. The zero-order chi connectivity index (χ0) is 27.1. The van der Waals surface area contributed by atoms with Crippen LogP contribution in [0.5, 0.6) is 5.75 Å². The number of nitrogens with one attached hydrogen (secondary N) is 2. The second kappa shape index (κ2) is 10.7. The first kappa shape index (κ1) is 26.0. The van der Waals surface area contributed by atoms with E-state index in [1.165, 1.54) is 0 Å². The van der Waals surface area contributed by atoms with Gasteiger partial charge in [-0.3, -0.25) is 15.0 Å². The number of carboxylic acids is 1. The maximum atomic E-state index is 12.1. The number of benzene rings is 3. The molecule has 2 atom stereocenters. The highest BCUT2D eigenvalue weighted by atomic mass is 35.5. The highest BCUT2D eigenvalue weighted by molar-refractivity contribution is 6.42. The number of carboxylic acid groups (broad SMARTS) is 1. The second-order valence-corrected chi connectivity index (χ2v) is 11.0. The molecule has 2 aliphatic rings. The molecule has 7 nitrogen and oxygen atoms in total. The van der Waals surface area contributed by atoms with Crippen LogP contribution >= 0.6 is 23.2 Å². The summed E-state index contributed by atoms with van der Waals surface area (Å²) in [6, 6.07) is 19.1. The van der Waals surface area contributed by atoms with Crippen LogP contribution in [-0.4, -0.2) is 60.3 Å². The standard InChI is InChI=1S/C30H30Cl2N4O3/c1-39-27-9-6-18(28-29-22(16-26(34-28)30(37)38)21-4-2-3-5-25(21)33-29)14-19(27)17-35-10-12-36(13-11-35)20-7-8-23(31)24(32)15-20/h2-9,14-15,26,28,33-34H,10-13,16-17H2,1H3,(H,37,38). The minimum atomic E-state index is -0.843. The molecule has 3 heterocycles. The van der Waals surface area contributed by atoms with Crippen LogP contribution in [0.3, 0.4) is 0 Å². The average Bonchev–Trinajstić information content (AvgIpc) is 3.33. The van der Waals surface area contributed by atoms with Gasteiger partial charge in [0, 0.05) is 67.0 Å². The molecule has 0 saturated carbocycles. The molecule has 3 N–H and O–H groups in total. The minimum Gasteiger partial charge on any atom is -0.496 e. The van der Waals surface area contributed by atoms with Crippen molar-refractivity contribution in [3.05, 3.63) is 93.1 Å². The number of ether oxygens (including phenoxy) is 1. The molecule has 4 aromatic rings. The zero-order valence-electron chi connectivity index (χ0n) is 21.6. The zero-order valence-corrected chi connectivity index (χ0v) is 23.1. The van der Waals surface area contributed by atoms with Gasteiger partial charge < -0.3 is 19.7 Å². The van der Waals surface area contributed by atoms with Gasteiger partial charge in [0.1, 0.15) is 11.8 Å². The number of H-pyrrole nitrogens is 1. The van der Waals surface area contributed by atoms with Crippen LogP contribution in [0.4, 0.5) is 5.69 Å². The second-order valence-electron chi connectivity index (χ2n) is 10.2. The lowest BCUT2D eigenvalue weighted by Crippen LogP contribution is -2.46. The van der Waals surface area contributed by atoms with Gasteiger partial charge in [0.15, 0.2) is 0 Å². The third-order valence-corrected chi connectivity index (χ3v) is 8.62. The Hall–Kier alpha value is -3.23. The lowest BCUT2D eigenvalue weighted by molar-refractivity contribution is -0.139. The summed E-state index contributed by atoms with van der Waals surface area (Å²) in [7, 11) is 1.69. The molecule has 0 radical (unpaired) electrons. The first-order valence-corrected chi connectivity index (χ1v) is 13.8. The normalized spacial score (nSPS) is 19.7. The van der Waals surface area contributed by atoms with Gasteiger partial charge in [-0.2, -0.15) is 0 Å². The molecule has 1 fully saturated rings. The number of aromatic amines is 1. The summed E-state index contributed by atoms with van der Waals surface area (Å²) < 4.78 is 5.73. The molecule has 1 saturated heterocycles. The van der Waals surface area contributed by atoms with Crippen molar-refractivity contribution < 1.29 is 14.6 Å². The van der Waals surface area contributed by atoms with Gasteiger partial charge in [0.05, 0.1) is 23.2 Å². The number of aromatic nitrogens is 1. The van der Waals surface area contributed by atoms with E-state index in [2.05, 4.69) is 32.2 Å². The van der Waals surface area contributed by atoms with Crippen LogP contribution in [-0.2, 0) is 17.8 Å². The number of piperazine rings is 1. The molecule has 0 spiro atoms. The summed E-state index contributed by atoms with van der Waals surface area (Å²) in [6.07, 6.45) is 0.442. The molecule has 3 aromatic carbocycles. The first-order valence-electron chi connectivity index (χ1n) is 13.1. The third kappa shape index (κ3) is 5.08. The lowest BCUT2D eigenvalue weighted by atomic mass is 9.89. The van der Waals surface area contributed by atoms with Gasteiger partial charge >= 0.3 is 5.97 Å². The van der Waals surface area contributed by atoms with Crippen molar-refractivity contribution in [2.24, 2.45) is 0 Å². The maximum Gasteiger partial charge on any atom is 0.321 e. The quantitative estimate of drug-likeness (QED) is 0.287. The number of nitrogens with zero attached hydrogens (tertiary/aromatic N) is 2. The smallest absolute Gasteiger partial charge is 0.321 e. The largest absolute Gasteiger partial charge is 0.496 e. The van der Waals surface area contributed by atoms with Crippen LogP contribution in [0.15, 0.2) is 60.7 Å². The number of methoxy groups -OCH3 is 1. The summed E-state index contributed by atoms with van der Waals surface area (Å²) in [5, 5.41) is 15.5. The van der Waals surface area contributed by atoms with E-state index in [1.807, 2.05) is 48.5 Å². The fourth-order valence-corrected chi connectivity index (χ4v) is 6.14. The van der Waals surface area contributed by atoms with Gasteiger partial charge in [0.25, 0.3) is 0 Å². The number of fused-ring (bicyclic) bond motifs is 3. The lowest BCUT2D eigenvalue weighted by Gasteiger charge is -2.36. The Morgan fingerprint density at radius 3 is 2.56 bits per heavy atom. The van der Waals surface area contributed by atoms with Crippen molar-refractivity contribution in [2.75, 3.05) is 38.2 Å². The van der Waals surface area contributed by atoms with Crippen LogP contribution in [0.25, 0.3) is 10.9 Å². The highest BCUT2D eigenvalue weighted by Gasteiger charge is 2.34. The highest BCUT2D eigenvalue weighted by Crippen LogP contribution is 2.37. The molecule has 0 aliphatic carbocycles. The monoisotopic (exact) mass is 564 g/mol. The Labute approximate surface area is 237 Å². The van der Waals surface area contributed by atoms with E-state index in [0.29, 0.717) is 16.5 Å². The number of halogens is 2. The van der Waals surface area contributed by atoms with E-state index in [4.69, 9.17) is 27.9 Å². The Bertz CT molecular complexity index is 1530. The Balaban J connectivity index is 1.25. The van der Waals surface area contributed by atoms with E-state index in [0.717, 1.165) is 77.4 Å². The number of carbonyl (C=O) groups is 1. The van der Waals surface area contributed by atoms with Crippen LogP contribution < -0.4 is 15.0 Å². The molecule has 0 bridgehead atoms. The van der Waals surface area contributed by atoms with E-state index in [-0.39, 0.29) is 6.04 Å². The van der Waals surface area contributed by atoms with Crippen LogP contribution in [0.1, 0.15) is 28.4 Å². The van der Waals surface area contributed by atoms with Crippen molar-refractivity contribution in [2.45, 2.75) is 25.0 Å². The first-order chi connectivity index (χ1) is 18.9. The van der Waals surface area contributed by atoms with E-state index >= 15 is 0 Å². The summed E-state index contributed by atoms with van der Waals surface area (Å²) in [4.78, 5) is 20.4. The SMILES string of the molecule is COc1ccc(C2NC(C(=O)O)Cc3c2[nH]c2ccccc32)cc1CN1CCN(c2ccc(Cl)c(Cl)c2)CC1. The maximum absolute atomic E-state index is 12.1. The molecule has 202 valence electrons. The van der Waals surface area contributed by atoms with E-state index < -0.39 is 12.0 Å². The van der Waals surface area contributed by atoms with Gasteiger partial charge in [0.2, 0.25) is 0 Å². The topological polar surface area (TPSA) is 80.8 Å². The van der Waals surface area contributed by atoms with Gasteiger partial charge in [-0.25, -0.2) is 0 Å². The number of rotatable bonds is 6. The van der Waals surface area contributed by atoms with Crippen LogP contribution in [0.2, 0.25) is 10.0 Å². The molecular formula is C30H30Cl2N4O3. The molecule has 0 amide bonds. The Morgan fingerprint density at radius 2 is 1.82 bits per heavy atom. The average molecular weight is 566 g/mol. The van der Waals surface area contributed by atoms with Crippen molar-refractivity contribution in [1.29, 1.82) is 0 Å². The van der Waals surface area contributed by atoms with Gasteiger partial charge in [-0.15, -0.1) is 0 Å². The van der Waals surface area contributed by atoms with E-state index in [9.17, 15) is 9.90 Å². The Kier molecular flexibility index (Phi) is 7.16. The number of para-hydroxylation sites is 1. The number of hydrogen-bond acceptors (Lipinski definition) is 5. The van der Waals surface area contributed by atoms with Gasteiger partial charge in [-0.05, 0) is 47.5 Å². The molecule has 2 unspecified atom stereocenters. The molecule has 2 aliphatic heterocycles. The van der Waals surface area contributed by atoms with Crippen molar-refractivity contribution in [3.63, 3.8) is 0 Å². The van der Waals surface area contributed by atoms with Crippen molar-refractivity contribution in [3.8, 4) is 5.75 Å². The third-order valence-electron chi connectivity index (χ3n) is 7.88. The molecule has 9 heteroatoms. The predicted octanol–water partition coefficient (Wildman–Crippen LogP) is 5.49. The number of hydrogen-bond donors (Lipinski definition) is 3. The molecular weight excluding hydrogens is 535 g/mol. The number of anilines is 1. The fraction of sp³-hybridized carbons (Fsp3) is 0.300.